The van der Waals surface area contributed by atoms with Gasteiger partial charge in [0.2, 0.25) is 5.91 Å². The van der Waals surface area contributed by atoms with Crippen molar-refractivity contribution in [3.05, 3.63) is 0 Å². The van der Waals surface area contributed by atoms with E-state index in [-0.39, 0.29) is 48.5 Å². The fourth-order valence-corrected chi connectivity index (χ4v) is 2.77. The average Bonchev–Trinajstić information content (AvgIpc) is 2.58. The molecule has 0 fully saturated rings. The Morgan fingerprint density at radius 2 is 1.42 bits per heavy atom. The molecule has 0 bridgehead atoms. The molecule has 0 spiro atoms. The van der Waals surface area contributed by atoms with Crippen molar-refractivity contribution < 1.29 is 19.8 Å². The zero-order chi connectivity index (χ0) is 18.8. The monoisotopic (exact) mass is 382 g/mol. The Morgan fingerprint density at radius 3 is 1.96 bits per heavy atom. The van der Waals surface area contributed by atoms with E-state index in [1.54, 1.807) is 0 Å². The van der Waals surface area contributed by atoms with Gasteiger partial charge in [-0.25, -0.2) is 0 Å². The Labute approximate surface area is 181 Å². The third kappa shape index (κ3) is 20.2. The summed E-state index contributed by atoms with van der Waals surface area (Å²) in [6.45, 7) is 4.11. The van der Waals surface area contributed by atoms with Crippen LogP contribution in [0.3, 0.4) is 0 Å². The molecule has 0 aliphatic heterocycles. The number of aliphatic hydroxyl groups excluding tert-OH is 1. The van der Waals surface area contributed by atoms with E-state index in [2.05, 4.69) is 12.2 Å². The Bertz CT molecular complexity index is 344. The van der Waals surface area contributed by atoms with Crippen molar-refractivity contribution in [1.29, 1.82) is 0 Å². The summed E-state index contributed by atoms with van der Waals surface area (Å²) in [6.07, 6.45) is 11.7. The summed E-state index contributed by atoms with van der Waals surface area (Å²) < 4.78 is 0. The zero-order valence-electron chi connectivity index (χ0n) is 16.0. The number of hydrogen-bond acceptors (Lipinski definition) is 4. The molecule has 0 saturated heterocycles. The number of aliphatic hydroxyl groups is 1. The molecule has 0 unspecified atom stereocenters. The van der Waals surface area contributed by atoms with Gasteiger partial charge in [0.25, 0.3) is 0 Å². The van der Waals surface area contributed by atoms with Gasteiger partial charge in [-0.05, 0) is 6.42 Å². The SMILES string of the molecule is CCCCCCCCCCCC(=O)NCCN(CCO)CCC(=O)O.[NaH]. The van der Waals surface area contributed by atoms with E-state index in [4.69, 9.17) is 10.2 Å². The number of carboxylic acid groups (broad SMARTS) is 1. The van der Waals surface area contributed by atoms with E-state index in [0.29, 0.717) is 32.6 Å². The first-order valence-corrected chi connectivity index (χ1v) is 9.91. The van der Waals surface area contributed by atoms with Crippen LogP contribution in [0.5, 0.6) is 0 Å². The minimum atomic E-state index is -0.850. The van der Waals surface area contributed by atoms with Crippen molar-refractivity contribution >= 4 is 41.4 Å². The summed E-state index contributed by atoms with van der Waals surface area (Å²) in [4.78, 5) is 24.2. The number of carbonyl (C=O) groups is 2. The Hall–Kier alpha value is -0.140. The summed E-state index contributed by atoms with van der Waals surface area (Å²) in [5, 5.41) is 20.6. The van der Waals surface area contributed by atoms with E-state index in [0.717, 1.165) is 12.8 Å². The number of unbranched alkanes of at least 4 members (excludes halogenated alkanes) is 8. The summed E-state index contributed by atoms with van der Waals surface area (Å²) in [5.41, 5.74) is 0. The van der Waals surface area contributed by atoms with Gasteiger partial charge in [0, 0.05) is 32.6 Å². The van der Waals surface area contributed by atoms with Crippen LogP contribution in [0, 0.1) is 0 Å². The molecule has 0 aromatic heterocycles. The van der Waals surface area contributed by atoms with Gasteiger partial charge in [0.15, 0.2) is 0 Å². The number of nitrogens with zero attached hydrogens (tertiary/aromatic N) is 1. The van der Waals surface area contributed by atoms with Crippen LogP contribution in [-0.2, 0) is 9.59 Å². The molecular weight excluding hydrogens is 343 g/mol. The molecular formula is C19H39N2NaO4. The van der Waals surface area contributed by atoms with Gasteiger partial charge in [-0.15, -0.1) is 0 Å². The first kappa shape index (κ1) is 28.1. The summed E-state index contributed by atoms with van der Waals surface area (Å²) >= 11 is 0. The Kier molecular flexibility index (Phi) is 22.9. The normalized spacial score (nSPS) is 10.6. The third-order valence-electron chi connectivity index (χ3n) is 4.32. The molecule has 7 heteroatoms. The molecule has 0 aliphatic carbocycles. The van der Waals surface area contributed by atoms with E-state index < -0.39 is 5.97 Å². The number of nitrogens with one attached hydrogen (secondary N) is 1. The molecule has 0 aromatic rings. The molecule has 26 heavy (non-hydrogen) atoms. The van der Waals surface area contributed by atoms with Gasteiger partial charge in [-0.3, -0.25) is 14.5 Å². The fourth-order valence-electron chi connectivity index (χ4n) is 2.77. The minimum absolute atomic E-state index is 0. The van der Waals surface area contributed by atoms with Crippen molar-refractivity contribution in [2.75, 3.05) is 32.8 Å². The van der Waals surface area contributed by atoms with Crippen molar-refractivity contribution in [3.63, 3.8) is 0 Å². The molecule has 3 N–H and O–H groups in total. The predicted octanol–water partition coefficient (Wildman–Crippen LogP) is 2.14. The van der Waals surface area contributed by atoms with Gasteiger partial charge in [0.1, 0.15) is 0 Å². The number of rotatable bonds is 18. The predicted molar refractivity (Wildman–Crippen MR) is 108 cm³/mol. The molecule has 0 aliphatic rings. The second kappa shape index (κ2) is 21.2. The second-order valence-corrected chi connectivity index (χ2v) is 6.64. The van der Waals surface area contributed by atoms with E-state index in [9.17, 15) is 9.59 Å². The number of hydrogen-bond donors (Lipinski definition) is 3. The number of aliphatic carboxylic acids is 1. The van der Waals surface area contributed by atoms with Crippen molar-refractivity contribution in [2.45, 2.75) is 77.6 Å². The van der Waals surface area contributed by atoms with Crippen molar-refractivity contribution in [2.24, 2.45) is 0 Å². The van der Waals surface area contributed by atoms with Gasteiger partial charge in [0.05, 0.1) is 13.0 Å². The Morgan fingerprint density at radius 1 is 0.846 bits per heavy atom. The number of carboxylic acids is 1. The molecule has 0 rings (SSSR count). The van der Waals surface area contributed by atoms with E-state index >= 15 is 0 Å². The van der Waals surface area contributed by atoms with E-state index in [1.807, 2.05) is 4.90 Å². The van der Waals surface area contributed by atoms with Crippen LogP contribution in [0.25, 0.3) is 0 Å². The van der Waals surface area contributed by atoms with Gasteiger partial charge < -0.3 is 15.5 Å². The summed E-state index contributed by atoms with van der Waals surface area (Å²) in [7, 11) is 0. The van der Waals surface area contributed by atoms with E-state index in [1.165, 1.54) is 44.9 Å². The zero-order valence-corrected chi connectivity index (χ0v) is 16.0. The van der Waals surface area contributed by atoms with Crippen molar-refractivity contribution in [1.82, 2.24) is 10.2 Å². The van der Waals surface area contributed by atoms with Crippen LogP contribution in [0.1, 0.15) is 77.6 Å². The summed E-state index contributed by atoms with van der Waals surface area (Å²) in [5.74, 6) is -0.789. The van der Waals surface area contributed by atoms with Crippen molar-refractivity contribution in [3.8, 4) is 0 Å². The van der Waals surface area contributed by atoms with Gasteiger partial charge >= 0.3 is 35.5 Å². The third-order valence-corrected chi connectivity index (χ3v) is 4.32. The first-order valence-electron chi connectivity index (χ1n) is 9.91. The topological polar surface area (TPSA) is 89.9 Å². The molecule has 0 saturated carbocycles. The van der Waals surface area contributed by atoms with Crippen LogP contribution >= 0.6 is 0 Å². The standard InChI is InChI=1S/C19H38N2O4.Na.H/c1-2-3-4-5-6-7-8-9-10-11-18(23)20-13-15-21(16-17-22)14-12-19(24)25;;/h22H,2-17H2,1H3,(H,20,23)(H,24,25);;. The maximum absolute atomic E-state index is 11.8. The molecule has 0 aromatic carbocycles. The quantitative estimate of drug-likeness (QED) is 0.250. The molecule has 0 heterocycles. The molecule has 6 nitrogen and oxygen atoms in total. The first-order chi connectivity index (χ1) is 12.1. The van der Waals surface area contributed by atoms with Crippen LogP contribution in [0.2, 0.25) is 0 Å². The number of carbonyl (C=O) groups excluding carboxylic acids is 1. The molecule has 0 radical (unpaired) electrons. The van der Waals surface area contributed by atoms with Gasteiger partial charge in [-0.1, -0.05) is 58.3 Å². The molecule has 0 atom stereocenters. The summed E-state index contributed by atoms with van der Waals surface area (Å²) in [6, 6.07) is 0. The molecule has 1 amide bonds. The van der Waals surface area contributed by atoms with Crippen LogP contribution < -0.4 is 5.32 Å². The molecule has 150 valence electrons. The van der Waals surface area contributed by atoms with Gasteiger partial charge in [-0.2, -0.15) is 0 Å². The Balaban J connectivity index is 0. The van der Waals surface area contributed by atoms with Crippen LogP contribution in [-0.4, -0.2) is 89.3 Å². The fraction of sp³-hybridized carbons (Fsp3) is 0.895. The van der Waals surface area contributed by atoms with Crippen LogP contribution in [0.15, 0.2) is 0 Å². The average molecular weight is 383 g/mol. The van der Waals surface area contributed by atoms with Crippen LogP contribution in [0.4, 0.5) is 0 Å². The number of amides is 1. The maximum atomic E-state index is 11.8. The second-order valence-electron chi connectivity index (χ2n) is 6.64.